The van der Waals surface area contributed by atoms with Crippen LogP contribution in [0.2, 0.25) is 0 Å². The molecule has 1 aromatic carbocycles. The van der Waals surface area contributed by atoms with Crippen LogP contribution in [0, 0.1) is 11.6 Å². The molecule has 0 spiro atoms. The van der Waals surface area contributed by atoms with Crippen LogP contribution in [0.1, 0.15) is 23.2 Å². The van der Waals surface area contributed by atoms with E-state index in [9.17, 15) is 23.2 Å². The van der Waals surface area contributed by atoms with Crippen molar-refractivity contribution < 1.29 is 28.0 Å². The molecular formula is C11H6BrF2NO4. The highest BCUT2D eigenvalue weighted by Crippen LogP contribution is 2.21. The first-order chi connectivity index (χ1) is 8.90. The number of nitrogens with zero attached hydrogens (tertiary/aromatic N) is 1. The van der Waals surface area contributed by atoms with Crippen LogP contribution in [0.4, 0.5) is 8.78 Å². The Balaban J connectivity index is 2.26. The van der Waals surface area contributed by atoms with Gasteiger partial charge in [-0.05, 0) is 12.1 Å². The third kappa shape index (κ3) is 2.62. The molecule has 2 rings (SSSR count). The van der Waals surface area contributed by atoms with Crippen LogP contribution < -0.4 is 0 Å². The molecule has 0 atom stereocenters. The van der Waals surface area contributed by atoms with Gasteiger partial charge in [0.25, 0.3) is 11.8 Å². The van der Waals surface area contributed by atoms with Gasteiger partial charge in [0.05, 0.1) is 0 Å². The van der Waals surface area contributed by atoms with Crippen molar-refractivity contribution >= 4 is 33.7 Å². The van der Waals surface area contributed by atoms with E-state index in [4.69, 9.17) is 0 Å². The molecule has 0 N–H and O–H groups in total. The minimum absolute atomic E-state index is 0.0998. The summed E-state index contributed by atoms with van der Waals surface area (Å²) in [5, 5.41) is 0.225. The zero-order chi connectivity index (χ0) is 14.2. The van der Waals surface area contributed by atoms with E-state index in [1.807, 2.05) is 0 Å². The van der Waals surface area contributed by atoms with Crippen molar-refractivity contribution in [2.45, 2.75) is 12.8 Å². The van der Waals surface area contributed by atoms with Crippen LogP contribution >= 0.6 is 15.9 Å². The fourth-order valence-electron chi connectivity index (χ4n) is 1.52. The molecule has 2 amide bonds. The largest absolute Gasteiger partial charge is 0.369 e. The van der Waals surface area contributed by atoms with Crippen molar-refractivity contribution in [2.75, 3.05) is 0 Å². The lowest BCUT2D eigenvalue weighted by atomic mass is 10.2. The van der Waals surface area contributed by atoms with Crippen molar-refractivity contribution in [2.24, 2.45) is 0 Å². The second-order valence-electron chi connectivity index (χ2n) is 3.71. The van der Waals surface area contributed by atoms with Crippen LogP contribution in [0.5, 0.6) is 0 Å². The highest BCUT2D eigenvalue weighted by Gasteiger charge is 2.34. The van der Waals surface area contributed by atoms with Crippen LogP contribution in [0.25, 0.3) is 0 Å². The van der Waals surface area contributed by atoms with Crippen molar-refractivity contribution in [3.63, 3.8) is 0 Å². The summed E-state index contributed by atoms with van der Waals surface area (Å²) in [5.74, 6) is -5.20. The van der Waals surface area contributed by atoms with Gasteiger partial charge in [-0.3, -0.25) is 9.59 Å². The highest BCUT2D eigenvalue weighted by molar-refractivity contribution is 9.10. The third-order valence-corrected chi connectivity index (χ3v) is 2.85. The topological polar surface area (TPSA) is 63.7 Å². The minimum Gasteiger partial charge on any atom is -0.325 e. The number of benzene rings is 1. The molecule has 100 valence electrons. The molecule has 1 aliphatic heterocycles. The van der Waals surface area contributed by atoms with Gasteiger partial charge in [-0.2, -0.15) is 0 Å². The lowest BCUT2D eigenvalue weighted by molar-refractivity contribution is -0.172. The lowest BCUT2D eigenvalue weighted by Crippen LogP contribution is -2.32. The van der Waals surface area contributed by atoms with Crippen molar-refractivity contribution in [1.29, 1.82) is 0 Å². The van der Waals surface area contributed by atoms with E-state index < -0.39 is 35.0 Å². The van der Waals surface area contributed by atoms with Gasteiger partial charge in [0.2, 0.25) is 0 Å². The van der Waals surface area contributed by atoms with Crippen LogP contribution in [-0.2, 0) is 14.4 Å². The van der Waals surface area contributed by atoms with Gasteiger partial charge in [0, 0.05) is 17.3 Å². The van der Waals surface area contributed by atoms with E-state index in [1.165, 1.54) is 0 Å². The molecule has 1 aliphatic rings. The number of hydroxylamine groups is 2. The van der Waals surface area contributed by atoms with E-state index in [0.29, 0.717) is 0 Å². The minimum atomic E-state index is -1.44. The molecule has 0 unspecified atom stereocenters. The van der Waals surface area contributed by atoms with E-state index in [0.717, 1.165) is 12.1 Å². The summed E-state index contributed by atoms with van der Waals surface area (Å²) < 4.78 is 27.0. The molecule has 1 aromatic rings. The number of hydrogen-bond acceptors (Lipinski definition) is 4. The molecule has 0 saturated carbocycles. The third-order valence-electron chi connectivity index (χ3n) is 2.39. The zero-order valence-electron chi connectivity index (χ0n) is 9.28. The Hall–Kier alpha value is -1.83. The lowest BCUT2D eigenvalue weighted by Gasteiger charge is -2.13. The zero-order valence-corrected chi connectivity index (χ0v) is 10.9. The van der Waals surface area contributed by atoms with Gasteiger partial charge in [0.15, 0.2) is 0 Å². The monoisotopic (exact) mass is 333 g/mol. The fourth-order valence-corrected chi connectivity index (χ4v) is 1.93. The maximum Gasteiger partial charge on any atom is 0.369 e. The first kappa shape index (κ1) is 13.6. The summed E-state index contributed by atoms with van der Waals surface area (Å²) >= 11 is 2.85. The van der Waals surface area contributed by atoms with Crippen molar-refractivity contribution in [3.05, 3.63) is 33.8 Å². The Bertz CT molecular complexity index is 551. The highest BCUT2D eigenvalue weighted by atomic mass is 79.9. The quantitative estimate of drug-likeness (QED) is 0.776. The van der Waals surface area contributed by atoms with E-state index in [1.54, 1.807) is 0 Å². The number of imide groups is 1. The molecule has 1 fully saturated rings. The SMILES string of the molecule is O=C(ON1C(=O)CCC1=O)c1c(F)cc(Br)cc1F. The molecule has 0 bridgehead atoms. The van der Waals surface area contributed by atoms with Gasteiger partial charge >= 0.3 is 5.97 Å². The first-order valence-electron chi connectivity index (χ1n) is 5.13. The number of hydrogen-bond donors (Lipinski definition) is 0. The summed E-state index contributed by atoms with van der Waals surface area (Å²) in [6.45, 7) is 0. The second kappa shape index (κ2) is 5.04. The first-order valence-corrected chi connectivity index (χ1v) is 5.92. The standard InChI is InChI=1S/C11H6BrF2NO4/c12-5-3-6(13)10(7(14)4-5)11(18)19-15-8(16)1-2-9(15)17/h3-4H,1-2H2. The molecule has 0 aromatic heterocycles. The number of carbonyl (C=O) groups is 3. The maximum atomic E-state index is 13.5. The summed E-state index contributed by atoms with van der Waals surface area (Å²) in [7, 11) is 0. The Morgan fingerprint density at radius 2 is 1.63 bits per heavy atom. The Labute approximate surface area is 114 Å². The van der Waals surface area contributed by atoms with Crippen LogP contribution in [-0.4, -0.2) is 22.8 Å². The normalized spacial score (nSPS) is 15.0. The van der Waals surface area contributed by atoms with Crippen LogP contribution in [0.3, 0.4) is 0 Å². The maximum absolute atomic E-state index is 13.5. The molecular weight excluding hydrogens is 328 g/mol. The number of amides is 2. The predicted molar refractivity (Wildman–Crippen MR) is 60.6 cm³/mol. The summed E-state index contributed by atoms with van der Waals surface area (Å²) in [4.78, 5) is 38.4. The van der Waals surface area contributed by atoms with Gasteiger partial charge in [-0.15, -0.1) is 5.06 Å². The molecule has 5 nitrogen and oxygen atoms in total. The molecule has 0 radical (unpaired) electrons. The number of carbonyl (C=O) groups excluding carboxylic acids is 3. The molecule has 0 aliphatic carbocycles. The van der Waals surface area contributed by atoms with Crippen molar-refractivity contribution in [1.82, 2.24) is 5.06 Å². The Kier molecular flexibility index (Phi) is 3.61. The average Bonchev–Trinajstić information content (AvgIpc) is 2.59. The summed E-state index contributed by atoms with van der Waals surface area (Å²) in [5.41, 5.74) is -0.962. The average molecular weight is 334 g/mol. The molecule has 1 saturated heterocycles. The van der Waals surface area contributed by atoms with Gasteiger partial charge < -0.3 is 4.84 Å². The van der Waals surface area contributed by atoms with E-state index in [2.05, 4.69) is 20.8 Å². The van der Waals surface area contributed by atoms with Gasteiger partial charge in [-0.1, -0.05) is 15.9 Å². The second-order valence-corrected chi connectivity index (χ2v) is 4.62. The molecule has 19 heavy (non-hydrogen) atoms. The summed E-state index contributed by atoms with van der Waals surface area (Å²) in [6, 6.07) is 1.74. The van der Waals surface area contributed by atoms with E-state index in [-0.39, 0.29) is 22.4 Å². The summed E-state index contributed by atoms with van der Waals surface area (Å²) in [6.07, 6.45) is -0.200. The van der Waals surface area contributed by atoms with E-state index >= 15 is 0 Å². The number of halogens is 3. The molecule has 1 heterocycles. The Morgan fingerprint density at radius 3 is 2.11 bits per heavy atom. The molecule has 8 heteroatoms. The Morgan fingerprint density at radius 1 is 1.16 bits per heavy atom. The fraction of sp³-hybridized carbons (Fsp3) is 0.182. The smallest absolute Gasteiger partial charge is 0.325 e. The van der Waals surface area contributed by atoms with Crippen LogP contribution in [0.15, 0.2) is 16.6 Å². The van der Waals surface area contributed by atoms with Crippen molar-refractivity contribution in [3.8, 4) is 0 Å². The number of rotatable bonds is 2. The van der Waals surface area contributed by atoms with Gasteiger partial charge in [-0.25, -0.2) is 13.6 Å². The van der Waals surface area contributed by atoms with Gasteiger partial charge in [0.1, 0.15) is 17.2 Å². The predicted octanol–water partition coefficient (Wildman–Crippen LogP) is 1.95.